The van der Waals surface area contributed by atoms with Gasteiger partial charge >= 0.3 is 0 Å². The number of hydrogen-bond donors (Lipinski definition) is 1. The first-order valence-corrected chi connectivity index (χ1v) is 7.56. The molecule has 0 radical (unpaired) electrons. The second-order valence-electron chi connectivity index (χ2n) is 5.65. The first kappa shape index (κ1) is 14.2. The van der Waals surface area contributed by atoms with Crippen molar-refractivity contribution in [2.45, 2.75) is 31.3 Å². The molecule has 0 aromatic heterocycles. The zero-order valence-corrected chi connectivity index (χ0v) is 12.4. The highest BCUT2D eigenvalue weighted by molar-refractivity contribution is 5.79. The number of carbonyl (C=O) groups excluding carboxylic acids is 1. The highest BCUT2D eigenvalue weighted by atomic mass is 16.5. The maximum Gasteiger partial charge on any atom is 0.261 e. The van der Waals surface area contributed by atoms with Crippen LogP contribution in [0, 0.1) is 0 Å². The molecule has 1 amide bonds. The van der Waals surface area contributed by atoms with Crippen molar-refractivity contribution in [1.82, 2.24) is 10.2 Å². The second kappa shape index (κ2) is 6.35. The van der Waals surface area contributed by atoms with Gasteiger partial charge in [0.1, 0.15) is 11.5 Å². The molecule has 2 heterocycles. The number of fused-ring (bicyclic) bond motifs is 2. The lowest BCUT2D eigenvalue weighted by atomic mass is 10.1. The Morgan fingerprint density at radius 3 is 2.95 bits per heavy atom. The number of nitrogens with zero attached hydrogens (tertiary/aromatic N) is 1. The summed E-state index contributed by atoms with van der Waals surface area (Å²) in [7, 11) is 1.62. The van der Waals surface area contributed by atoms with E-state index in [4.69, 9.17) is 9.47 Å². The number of ether oxygens (including phenoxy) is 2. The lowest BCUT2D eigenvalue weighted by Crippen LogP contribution is -2.44. The minimum atomic E-state index is 0.0917. The number of nitrogens with one attached hydrogen (secondary N) is 1. The van der Waals surface area contributed by atoms with Crippen LogP contribution in [-0.2, 0) is 4.79 Å². The Morgan fingerprint density at radius 2 is 2.10 bits per heavy atom. The Balaban J connectivity index is 1.61. The molecule has 21 heavy (non-hydrogen) atoms. The molecular formula is C16H22N2O3. The van der Waals surface area contributed by atoms with E-state index in [1.807, 2.05) is 23.1 Å². The van der Waals surface area contributed by atoms with Gasteiger partial charge in [-0.1, -0.05) is 6.07 Å². The summed E-state index contributed by atoms with van der Waals surface area (Å²) < 4.78 is 10.8. The topological polar surface area (TPSA) is 50.8 Å². The predicted molar refractivity (Wildman–Crippen MR) is 79.6 cm³/mol. The van der Waals surface area contributed by atoms with Gasteiger partial charge in [0.25, 0.3) is 5.91 Å². The van der Waals surface area contributed by atoms with Crippen LogP contribution in [0.15, 0.2) is 24.3 Å². The van der Waals surface area contributed by atoms with Crippen molar-refractivity contribution in [1.29, 1.82) is 0 Å². The van der Waals surface area contributed by atoms with E-state index in [0.29, 0.717) is 17.8 Å². The van der Waals surface area contributed by atoms with Crippen LogP contribution in [0.2, 0.25) is 0 Å². The zero-order chi connectivity index (χ0) is 14.7. The number of methoxy groups -OCH3 is 1. The number of rotatable bonds is 4. The Morgan fingerprint density at radius 1 is 1.29 bits per heavy atom. The molecule has 2 bridgehead atoms. The van der Waals surface area contributed by atoms with Crippen molar-refractivity contribution in [2.75, 3.05) is 26.8 Å². The molecule has 5 heteroatoms. The Labute approximate surface area is 125 Å². The third-order valence-electron chi connectivity index (χ3n) is 4.35. The first-order chi connectivity index (χ1) is 10.3. The van der Waals surface area contributed by atoms with E-state index >= 15 is 0 Å². The summed E-state index contributed by atoms with van der Waals surface area (Å²) >= 11 is 0. The van der Waals surface area contributed by atoms with Crippen LogP contribution in [-0.4, -0.2) is 49.7 Å². The van der Waals surface area contributed by atoms with E-state index in [2.05, 4.69) is 5.32 Å². The largest absolute Gasteiger partial charge is 0.497 e. The molecule has 2 aliphatic rings. The highest BCUT2D eigenvalue weighted by Crippen LogP contribution is 2.28. The van der Waals surface area contributed by atoms with Gasteiger partial charge in [0, 0.05) is 24.7 Å². The molecule has 1 aromatic rings. The number of amides is 1. The molecule has 2 unspecified atom stereocenters. The Bertz CT molecular complexity index is 492. The fourth-order valence-corrected chi connectivity index (χ4v) is 3.30. The molecule has 3 rings (SSSR count). The summed E-state index contributed by atoms with van der Waals surface area (Å²) in [4.78, 5) is 14.5. The maximum absolute atomic E-state index is 12.5. The van der Waals surface area contributed by atoms with Gasteiger partial charge in [0.2, 0.25) is 0 Å². The van der Waals surface area contributed by atoms with E-state index in [9.17, 15) is 4.79 Å². The number of hydrogen-bond acceptors (Lipinski definition) is 4. The average molecular weight is 290 g/mol. The molecule has 114 valence electrons. The SMILES string of the molecule is COc1cccc(OCC(=O)N2C3CCNCC2CC3)c1. The summed E-state index contributed by atoms with van der Waals surface area (Å²) in [6.07, 6.45) is 3.27. The fraction of sp³-hybridized carbons (Fsp3) is 0.562. The van der Waals surface area contributed by atoms with Crippen molar-refractivity contribution < 1.29 is 14.3 Å². The summed E-state index contributed by atoms with van der Waals surface area (Å²) in [5, 5.41) is 3.40. The van der Waals surface area contributed by atoms with Crippen molar-refractivity contribution in [3.63, 3.8) is 0 Å². The normalized spacial score (nSPS) is 24.5. The molecule has 1 N–H and O–H groups in total. The molecule has 2 saturated heterocycles. The standard InChI is InChI=1S/C16H22N2O3/c1-20-14-3-2-4-15(9-14)21-11-16(19)18-12-5-6-13(18)10-17-8-7-12/h2-4,9,12-13,17H,5-8,10-11H2,1H3. The number of carbonyl (C=O) groups is 1. The van der Waals surface area contributed by atoms with Crippen molar-refractivity contribution in [2.24, 2.45) is 0 Å². The molecule has 0 aliphatic carbocycles. The van der Waals surface area contributed by atoms with Crippen molar-refractivity contribution in [3.8, 4) is 11.5 Å². The van der Waals surface area contributed by atoms with Crippen molar-refractivity contribution >= 4 is 5.91 Å². The van der Waals surface area contributed by atoms with E-state index in [0.717, 1.165) is 38.1 Å². The van der Waals surface area contributed by atoms with Crippen LogP contribution in [0.1, 0.15) is 19.3 Å². The fourth-order valence-electron chi connectivity index (χ4n) is 3.30. The Hall–Kier alpha value is -1.75. The third-order valence-corrected chi connectivity index (χ3v) is 4.35. The van der Waals surface area contributed by atoms with Gasteiger partial charge in [-0.05, 0) is 37.9 Å². The molecule has 2 aliphatic heterocycles. The summed E-state index contributed by atoms with van der Waals surface area (Å²) in [5.41, 5.74) is 0. The van der Waals surface area contributed by atoms with Crippen LogP contribution in [0.4, 0.5) is 0 Å². The summed E-state index contributed by atoms with van der Waals surface area (Å²) in [6.45, 7) is 2.00. The van der Waals surface area contributed by atoms with Crippen LogP contribution in [0.5, 0.6) is 11.5 Å². The lowest BCUT2D eigenvalue weighted by molar-refractivity contribution is -0.136. The van der Waals surface area contributed by atoms with Crippen LogP contribution in [0.3, 0.4) is 0 Å². The average Bonchev–Trinajstić information content (AvgIpc) is 2.78. The van der Waals surface area contributed by atoms with Gasteiger partial charge < -0.3 is 19.7 Å². The monoisotopic (exact) mass is 290 g/mol. The van der Waals surface area contributed by atoms with Gasteiger partial charge in [-0.25, -0.2) is 0 Å². The Kier molecular flexibility index (Phi) is 4.29. The summed E-state index contributed by atoms with van der Waals surface area (Å²) in [6, 6.07) is 8.07. The van der Waals surface area contributed by atoms with Crippen LogP contribution < -0.4 is 14.8 Å². The molecule has 0 saturated carbocycles. The maximum atomic E-state index is 12.5. The van der Waals surface area contributed by atoms with Crippen molar-refractivity contribution in [3.05, 3.63) is 24.3 Å². The summed E-state index contributed by atoms with van der Waals surface area (Å²) in [5.74, 6) is 1.50. The number of benzene rings is 1. The van der Waals surface area contributed by atoms with Crippen LogP contribution >= 0.6 is 0 Å². The molecule has 5 nitrogen and oxygen atoms in total. The van der Waals surface area contributed by atoms with E-state index in [1.165, 1.54) is 0 Å². The molecule has 2 fully saturated rings. The minimum Gasteiger partial charge on any atom is -0.497 e. The first-order valence-electron chi connectivity index (χ1n) is 7.56. The van der Waals surface area contributed by atoms with Crippen LogP contribution in [0.25, 0.3) is 0 Å². The van der Waals surface area contributed by atoms with Gasteiger partial charge in [-0.2, -0.15) is 0 Å². The smallest absolute Gasteiger partial charge is 0.261 e. The van der Waals surface area contributed by atoms with Gasteiger partial charge in [-0.15, -0.1) is 0 Å². The van der Waals surface area contributed by atoms with E-state index in [-0.39, 0.29) is 12.5 Å². The zero-order valence-electron chi connectivity index (χ0n) is 12.4. The second-order valence-corrected chi connectivity index (χ2v) is 5.65. The molecule has 2 atom stereocenters. The highest BCUT2D eigenvalue weighted by Gasteiger charge is 2.37. The molecule has 1 aromatic carbocycles. The van der Waals surface area contributed by atoms with Gasteiger partial charge in [-0.3, -0.25) is 4.79 Å². The molecule has 0 spiro atoms. The van der Waals surface area contributed by atoms with Gasteiger partial charge in [0.15, 0.2) is 6.61 Å². The van der Waals surface area contributed by atoms with Gasteiger partial charge in [0.05, 0.1) is 7.11 Å². The molecular weight excluding hydrogens is 268 g/mol. The predicted octanol–water partition coefficient (Wildman–Crippen LogP) is 1.43. The quantitative estimate of drug-likeness (QED) is 0.911. The minimum absolute atomic E-state index is 0.0917. The third kappa shape index (κ3) is 3.13. The van der Waals surface area contributed by atoms with E-state index < -0.39 is 0 Å². The lowest BCUT2D eigenvalue weighted by Gasteiger charge is -2.27. The van der Waals surface area contributed by atoms with E-state index in [1.54, 1.807) is 13.2 Å².